The van der Waals surface area contributed by atoms with Gasteiger partial charge in [-0.3, -0.25) is 24.0 Å². The fourth-order valence-electron chi connectivity index (χ4n) is 8.31. The Balaban J connectivity index is 3.09. The number of carbonyl (C=O) groups excluding carboxylic acids is 4. The van der Waals surface area contributed by atoms with E-state index in [1.807, 2.05) is 20.8 Å². The van der Waals surface area contributed by atoms with Gasteiger partial charge >= 0.3 is 29.8 Å². The molecule has 0 radical (unpaired) electrons. The van der Waals surface area contributed by atoms with Crippen LogP contribution in [0.25, 0.3) is 0 Å². The fourth-order valence-corrected chi connectivity index (χ4v) is 28.0. The Morgan fingerprint density at radius 3 is 1.87 bits per heavy atom. The summed E-state index contributed by atoms with van der Waals surface area (Å²) in [5.74, 6) is -4.24. The predicted octanol–water partition coefficient (Wildman–Crippen LogP) is 7.99. The molecule has 0 aromatic rings. The van der Waals surface area contributed by atoms with Crippen LogP contribution in [0.5, 0.6) is 0 Å². The van der Waals surface area contributed by atoms with Gasteiger partial charge in [0.1, 0.15) is 12.2 Å². The van der Waals surface area contributed by atoms with Crippen LogP contribution in [0.4, 0.5) is 0 Å². The van der Waals surface area contributed by atoms with Crippen molar-refractivity contribution in [3.8, 4) is 0 Å². The summed E-state index contributed by atoms with van der Waals surface area (Å²) in [6.45, 7) is 29.3. The molecule has 14 heteroatoms. The van der Waals surface area contributed by atoms with Gasteiger partial charge < -0.3 is 28.5 Å². The van der Waals surface area contributed by atoms with E-state index in [9.17, 15) is 29.1 Å². The standard InChI is InChI=1S/C41H78O11Si3/c1-16-30(4)33(42)49-25-39(9,10)26-50-35(44)32(17-2)21-40(11,36(45)46)24-41(12,37(47)52-38(6,7)8)20-31(5)34(43)48-18-19-51-55(15)23-29(3)22-53(13)27-54(14)28-55/h29-32,53-54H,16-28H2,1-15H3,(H,45,46). The van der Waals surface area contributed by atoms with Gasteiger partial charge in [-0.25, -0.2) is 0 Å². The van der Waals surface area contributed by atoms with Crippen LogP contribution in [0.1, 0.15) is 115 Å². The second-order valence-corrected chi connectivity index (χ2v) is 31.9. The summed E-state index contributed by atoms with van der Waals surface area (Å²) in [7, 11) is -3.36. The van der Waals surface area contributed by atoms with Crippen molar-refractivity contribution in [1.29, 1.82) is 0 Å². The molecule has 0 amide bonds. The number of esters is 4. The van der Waals surface area contributed by atoms with Crippen molar-refractivity contribution in [2.45, 2.75) is 164 Å². The van der Waals surface area contributed by atoms with Crippen molar-refractivity contribution in [2.24, 2.45) is 39.9 Å². The Hall–Kier alpha value is -2.04. The zero-order chi connectivity index (χ0) is 42.6. The lowest BCUT2D eigenvalue weighted by Gasteiger charge is -2.39. The van der Waals surface area contributed by atoms with Gasteiger partial charge in [-0.05, 0) is 90.9 Å². The predicted molar refractivity (Wildman–Crippen MR) is 225 cm³/mol. The molecule has 1 saturated heterocycles. The molecule has 1 heterocycles. The molecule has 0 aromatic carbocycles. The zero-order valence-corrected chi connectivity index (χ0v) is 40.5. The van der Waals surface area contributed by atoms with Gasteiger partial charge in [-0.2, -0.15) is 0 Å². The number of carboxylic acids is 1. The first-order chi connectivity index (χ1) is 25.1. The van der Waals surface area contributed by atoms with E-state index in [2.05, 4.69) is 26.6 Å². The lowest BCUT2D eigenvalue weighted by atomic mass is 9.66. The van der Waals surface area contributed by atoms with E-state index in [0.717, 1.165) is 6.04 Å². The Kier molecular flexibility index (Phi) is 20.1. The van der Waals surface area contributed by atoms with E-state index in [1.54, 1.807) is 48.5 Å². The van der Waals surface area contributed by atoms with Crippen LogP contribution in [0.3, 0.4) is 0 Å². The van der Waals surface area contributed by atoms with Crippen LogP contribution in [0, 0.1) is 39.9 Å². The second kappa shape index (κ2) is 21.6. The minimum atomic E-state index is -1.92. The molecule has 0 aromatic heterocycles. The number of hydrogen-bond acceptors (Lipinski definition) is 10. The minimum Gasteiger partial charge on any atom is -0.481 e. The van der Waals surface area contributed by atoms with Crippen molar-refractivity contribution >= 4 is 55.8 Å². The molecule has 9 atom stereocenters. The zero-order valence-electron chi connectivity index (χ0n) is 37.2. The number of carbonyl (C=O) groups is 5. The first-order valence-electron chi connectivity index (χ1n) is 20.7. The average Bonchev–Trinajstić information content (AvgIpc) is 3.04. The summed E-state index contributed by atoms with van der Waals surface area (Å²) in [5, 5.41) is 10.6. The third kappa shape index (κ3) is 18.0. The van der Waals surface area contributed by atoms with E-state index in [4.69, 9.17) is 23.4 Å². The monoisotopic (exact) mass is 830 g/mol. The quantitative estimate of drug-likeness (QED) is 0.0519. The lowest BCUT2D eigenvalue weighted by Crippen LogP contribution is -2.45. The van der Waals surface area contributed by atoms with Gasteiger partial charge in [-0.1, -0.05) is 73.3 Å². The second-order valence-electron chi connectivity index (χ2n) is 19.9. The Morgan fingerprint density at radius 2 is 1.35 bits per heavy atom. The smallest absolute Gasteiger partial charge is 0.312 e. The molecule has 1 N–H and O–H groups in total. The van der Waals surface area contributed by atoms with Crippen molar-refractivity contribution in [1.82, 2.24) is 0 Å². The van der Waals surface area contributed by atoms with Crippen molar-refractivity contribution in [3.63, 3.8) is 0 Å². The van der Waals surface area contributed by atoms with Crippen LogP contribution in [0.15, 0.2) is 0 Å². The largest absolute Gasteiger partial charge is 0.481 e. The molecule has 9 unspecified atom stereocenters. The summed E-state index contributed by atoms with van der Waals surface area (Å²) in [5.41, 5.74) is -1.76. The molecule has 11 nitrogen and oxygen atoms in total. The van der Waals surface area contributed by atoms with Crippen molar-refractivity contribution in [3.05, 3.63) is 0 Å². The number of carboxylic acid groups (broad SMARTS) is 1. The number of rotatable bonds is 21. The summed E-state index contributed by atoms with van der Waals surface area (Å²) < 4.78 is 29.2. The maximum atomic E-state index is 13.9. The first kappa shape index (κ1) is 51.0. The molecule has 55 heavy (non-hydrogen) atoms. The van der Waals surface area contributed by atoms with E-state index in [0.29, 0.717) is 25.4 Å². The SMILES string of the molecule is CCC(C)C(=O)OCC(C)(C)COC(=O)C(CC)CC(C)(CC(C)(CC(C)C(=O)OCCO[Si]1(C)CC(C)C[SiH](C)C[SiH](C)C1)C(=O)OC(C)(C)C)C(=O)O. The van der Waals surface area contributed by atoms with Crippen molar-refractivity contribution < 1.29 is 52.5 Å². The molecule has 1 aliphatic heterocycles. The summed E-state index contributed by atoms with van der Waals surface area (Å²) >= 11 is 0. The third-order valence-electron chi connectivity index (χ3n) is 11.0. The highest BCUT2D eigenvalue weighted by molar-refractivity contribution is 6.89. The molecule has 320 valence electrons. The van der Waals surface area contributed by atoms with Gasteiger partial charge in [0.05, 0.1) is 48.4 Å². The molecule has 0 aliphatic carbocycles. The lowest BCUT2D eigenvalue weighted by molar-refractivity contribution is -0.173. The van der Waals surface area contributed by atoms with Crippen LogP contribution in [-0.4, -0.2) is 92.9 Å². The van der Waals surface area contributed by atoms with E-state index in [1.165, 1.54) is 24.3 Å². The molecule has 1 aliphatic rings. The first-order valence-corrected chi connectivity index (χ1v) is 29.1. The molecular formula is C41H78O11Si3. The van der Waals surface area contributed by atoms with Crippen LogP contribution in [0.2, 0.25) is 43.1 Å². The van der Waals surface area contributed by atoms with Gasteiger partial charge in [0.15, 0.2) is 8.32 Å². The van der Waals surface area contributed by atoms with E-state index in [-0.39, 0.29) is 51.0 Å². The molecule has 0 bridgehead atoms. The topological polar surface area (TPSA) is 152 Å². The summed E-state index contributed by atoms with van der Waals surface area (Å²) in [4.78, 5) is 65.9. The number of hydrogen-bond donors (Lipinski definition) is 1. The van der Waals surface area contributed by atoms with Gasteiger partial charge in [0, 0.05) is 23.0 Å². The van der Waals surface area contributed by atoms with Crippen molar-refractivity contribution in [2.75, 3.05) is 26.4 Å². The highest BCUT2D eigenvalue weighted by atomic mass is 28.4. The highest BCUT2D eigenvalue weighted by Gasteiger charge is 2.49. The van der Waals surface area contributed by atoms with Gasteiger partial charge in [0.25, 0.3) is 0 Å². The maximum Gasteiger partial charge on any atom is 0.312 e. The molecular weight excluding hydrogens is 753 g/mol. The number of aliphatic carboxylic acids is 1. The molecule has 0 spiro atoms. The van der Waals surface area contributed by atoms with Crippen LogP contribution >= 0.6 is 0 Å². The Labute approximate surface area is 337 Å². The minimum absolute atomic E-state index is 0.00949. The maximum absolute atomic E-state index is 13.9. The number of ether oxygens (including phenoxy) is 4. The average molecular weight is 831 g/mol. The summed E-state index contributed by atoms with van der Waals surface area (Å²) in [6, 6.07) is 2.51. The highest BCUT2D eigenvalue weighted by Crippen LogP contribution is 2.45. The van der Waals surface area contributed by atoms with Gasteiger partial charge in [0.2, 0.25) is 0 Å². The Morgan fingerprint density at radius 1 is 0.782 bits per heavy atom. The molecule has 1 fully saturated rings. The van der Waals surface area contributed by atoms with E-state index < -0.39 is 83.5 Å². The van der Waals surface area contributed by atoms with Gasteiger partial charge in [-0.15, -0.1) is 0 Å². The van der Waals surface area contributed by atoms with Crippen LogP contribution in [-0.2, 0) is 47.3 Å². The third-order valence-corrected chi connectivity index (χ3v) is 27.8. The molecule has 0 saturated carbocycles. The Bertz CT molecular complexity index is 1270. The normalized spacial score (nSPS) is 24.7. The fraction of sp³-hybridized carbons (Fsp3) is 0.878. The van der Waals surface area contributed by atoms with E-state index >= 15 is 0 Å². The van der Waals surface area contributed by atoms with Crippen LogP contribution < -0.4 is 0 Å². The molecule has 1 rings (SSSR count). The summed E-state index contributed by atoms with van der Waals surface area (Å²) in [6.07, 6.45) is 0.671.